The summed E-state index contributed by atoms with van der Waals surface area (Å²) in [5.74, 6) is 1.98. The molecule has 0 saturated carbocycles. The number of aromatic amines is 1. The number of imidazole rings is 1. The Morgan fingerprint density at radius 1 is 1.29 bits per heavy atom. The zero-order valence-electron chi connectivity index (χ0n) is 11.7. The number of nitrogens with one attached hydrogen (secondary N) is 2. The quantitative estimate of drug-likeness (QED) is 0.880. The summed E-state index contributed by atoms with van der Waals surface area (Å²) in [5, 5.41) is 4.99. The molecule has 1 aromatic rings. The van der Waals surface area contributed by atoms with Gasteiger partial charge < -0.3 is 4.98 Å². The molecule has 0 aromatic carbocycles. The van der Waals surface area contributed by atoms with Crippen molar-refractivity contribution in [3.63, 3.8) is 0 Å². The summed E-state index contributed by atoms with van der Waals surface area (Å²) in [6.45, 7) is 2.13. The Bertz CT molecular complexity index is 596. The van der Waals surface area contributed by atoms with E-state index in [0.717, 1.165) is 42.5 Å². The second kappa shape index (κ2) is 5.31. The fourth-order valence-electron chi connectivity index (χ4n) is 3.52. The van der Waals surface area contributed by atoms with E-state index < -0.39 is 0 Å². The molecule has 2 unspecified atom stereocenters. The van der Waals surface area contributed by atoms with Crippen molar-refractivity contribution in [1.29, 1.82) is 0 Å². The molecular formula is C15H18ClN5. The number of halogens is 1. The molecule has 0 spiro atoms. The molecule has 0 radical (unpaired) electrons. The second-order valence-electron chi connectivity index (χ2n) is 5.84. The number of hydrogen-bond donors (Lipinski definition) is 2. The molecule has 6 heteroatoms. The Morgan fingerprint density at radius 3 is 2.90 bits per heavy atom. The minimum absolute atomic E-state index is 0.313. The lowest BCUT2D eigenvalue weighted by atomic mass is 9.88. The Morgan fingerprint density at radius 2 is 2.14 bits per heavy atom. The Labute approximate surface area is 128 Å². The molecule has 110 valence electrons. The van der Waals surface area contributed by atoms with Crippen molar-refractivity contribution < 1.29 is 0 Å². The maximum atomic E-state index is 6.25. The molecule has 1 fully saturated rings. The van der Waals surface area contributed by atoms with Crippen LogP contribution < -0.4 is 5.43 Å². The number of piperidine rings is 1. The van der Waals surface area contributed by atoms with Crippen molar-refractivity contribution in [2.24, 2.45) is 11.0 Å². The highest BCUT2D eigenvalue weighted by Crippen LogP contribution is 2.33. The molecule has 4 rings (SSSR count). The van der Waals surface area contributed by atoms with Crippen molar-refractivity contribution in [2.75, 3.05) is 13.1 Å². The summed E-state index contributed by atoms with van der Waals surface area (Å²) >= 11 is 6.25. The van der Waals surface area contributed by atoms with E-state index in [9.17, 15) is 0 Å². The van der Waals surface area contributed by atoms with Crippen LogP contribution >= 0.6 is 11.6 Å². The van der Waals surface area contributed by atoms with E-state index in [1.807, 2.05) is 24.7 Å². The van der Waals surface area contributed by atoms with Crippen LogP contribution in [-0.4, -0.2) is 40.2 Å². The predicted octanol–water partition coefficient (Wildman–Crippen LogP) is 2.18. The molecule has 2 atom stereocenters. The average molecular weight is 304 g/mol. The van der Waals surface area contributed by atoms with Gasteiger partial charge in [0.2, 0.25) is 0 Å². The molecule has 2 N–H and O–H groups in total. The smallest absolute Gasteiger partial charge is 0.109 e. The van der Waals surface area contributed by atoms with Crippen LogP contribution in [0.4, 0.5) is 0 Å². The summed E-state index contributed by atoms with van der Waals surface area (Å²) in [5.41, 5.74) is 4.16. The fourth-order valence-corrected chi connectivity index (χ4v) is 3.76. The Kier molecular flexibility index (Phi) is 3.31. The summed E-state index contributed by atoms with van der Waals surface area (Å²) in [6.07, 6.45) is 12.1. The van der Waals surface area contributed by atoms with Crippen LogP contribution in [0.3, 0.4) is 0 Å². The van der Waals surface area contributed by atoms with Gasteiger partial charge in [-0.15, -0.1) is 0 Å². The third-order valence-electron chi connectivity index (χ3n) is 4.64. The molecule has 0 bridgehead atoms. The summed E-state index contributed by atoms with van der Waals surface area (Å²) < 4.78 is 0. The molecule has 1 aliphatic carbocycles. The standard InChI is InChI=1S/C15H18ClN5/c16-11-7-13-12(9-19-20-13)14(8-11)21-5-1-10(2-6-21)15-17-3-4-18-15/h3-4,7-10,12,14,20H,1-2,5-6H2,(H,17,18). The monoisotopic (exact) mass is 303 g/mol. The Balaban J connectivity index is 1.46. The van der Waals surface area contributed by atoms with Crippen molar-refractivity contribution in [1.82, 2.24) is 20.3 Å². The van der Waals surface area contributed by atoms with E-state index >= 15 is 0 Å². The van der Waals surface area contributed by atoms with Gasteiger partial charge in [-0.2, -0.15) is 5.10 Å². The van der Waals surface area contributed by atoms with E-state index in [4.69, 9.17) is 11.6 Å². The summed E-state index contributed by atoms with van der Waals surface area (Å²) in [6, 6.07) is 0.314. The highest BCUT2D eigenvalue weighted by atomic mass is 35.5. The van der Waals surface area contributed by atoms with Gasteiger partial charge in [-0.1, -0.05) is 11.6 Å². The van der Waals surface area contributed by atoms with Crippen LogP contribution in [0, 0.1) is 5.92 Å². The van der Waals surface area contributed by atoms with Crippen LogP contribution in [-0.2, 0) is 0 Å². The van der Waals surface area contributed by atoms with Crippen LogP contribution in [0.15, 0.2) is 40.4 Å². The van der Waals surface area contributed by atoms with Gasteiger partial charge in [0.1, 0.15) is 5.82 Å². The SMILES string of the molecule is ClC1=CC(N2CCC(c3ncc[nH]3)CC2)C2C=NNC2=C1. The molecule has 2 aliphatic heterocycles. The van der Waals surface area contributed by atoms with Crippen LogP contribution in [0.2, 0.25) is 0 Å². The normalized spacial score (nSPS) is 29.8. The van der Waals surface area contributed by atoms with Crippen molar-refractivity contribution in [3.05, 3.63) is 41.1 Å². The van der Waals surface area contributed by atoms with E-state index in [-0.39, 0.29) is 0 Å². The van der Waals surface area contributed by atoms with Crippen LogP contribution in [0.25, 0.3) is 0 Å². The number of aromatic nitrogens is 2. The van der Waals surface area contributed by atoms with E-state index in [1.54, 1.807) is 0 Å². The first kappa shape index (κ1) is 13.1. The van der Waals surface area contributed by atoms with Crippen molar-refractivity contribution >= 4 is 17.8 Å². The minimum Gasteiger partial charge on any atom is -0.348 e. The van der Waals surface area contributed by atoms with Gasteiger partial charge in [0, 0.05) is 41.3 Å². The minimum atomic E-state index is 0.313. The van der Waals surface area contributed by atoms with Crippen LogP contribution in [0.5, 0.6) is 0 Å². The number of allylic oxidation sites excluding steroid dienone is 2. The number of likely N-dealkylation sites (tertiary alicyclic amines) is 1. The van der Waals surface area contributed by atoms with Gasteiger partial charge >= 0.3 is 0 Å². The van der Waals surface area contributed by atoms with Gasteiger partial charge in [-0.25, -0.2) is 4.98 Å². The molecule has 5 nitrogen and oxygen atoms in total. The molecule has 3 heterocycles. The molecule has 1 saturated heterocycles. The third kappa shape index (κ3) is 2.40. The first-order chi connectivity index (χ1) is 10.3. The average Bonchev–Trinajstić information content (AvgIpc) is 3.17. The molecule has 0 amide bonds. The molecule has 3 aliphatic rings. The topological polar surface area (TPSA) is 56.3 Å². The number of fused-ring (bicyclic) bond motifs is 1. The lowest BCUT2D eigenvalue weighted by molar-refractivity contribution is 0.162. The van der Waals surface area contributed by atoms with E-state index in [1.165, 1.54) is 0 Å². The maximum Gasteiger partial charge on any atom is 0.109 e. The number of nitrogens with zero attached hydrogens (tertiary/aromatic N) is 3. The van der Waals surface area contributed by atoms with Crippen LogP contribution in [0.1, 0.15) is 24.6 Å². The third-order valence-corrected chi connectivity index (χ3v) is 4.87. The summed E-state index contributed by atoms with van der Waals surface area (Å²) in [7, 11) is 0. The first-order valence-corrected chi connectivity index (χ1v) is 7.80. The number of H-pyrrole nitrogens is 1. The van der Waals surface area contributed by atoms with Gasteiger partial charge in [0.15, 0.2) is 0 Å². The van der Waals surface area contributed by atoms with Gasteiger partial charge in [0.05, 0.1) is 5.92 Å². The maximum absolute atomic E-state index is 6.25. The molecular weight excluding hydrogens is 286 g/mol. The van der Waals surface area contributed by atoms with E-state index in [2.05, 4.69) is 31.5 Å². The largest absolute Gasteiger partial charge is 0.348 e. The predicted molar refractivity (Wildman–Crippen MR) is 83.1 cm³/mol. The number of hydrogen-bond acceptors (Lipinski definition) is 4. The van der Waals surface area contributed by atoms with Crippen molar-refractivity contribution in [3.8, 4) is 0 Å². The lowest BCUT2D eigenvalue weighted by Crippen LogP contribution is -2.45. The Hall–Kier alpha value is -1.59. The van der Waals surface area contributed by atoms with Gasteiger partial charge in [-0.3, -0.25) is 10.3 Å². The highest BCUT2D eigenvalue weighted by molar-refractivity contribution is 6.31. The van der Waals surface area contributed by atoms with Gasteiger partial charge in [0.25, 0.3) is 0 Å². The fraction of sp³-hybridized carbons (Fsp3) is 0.467. The lowest BCUT2D eigenvalue weighted by Gasteiger charge is -2.39. The number of hydrazone groups is 1. The van der Waals surface area contributed by atoms with Crippen molar-refractivity contribution in [2.45, 2.75) is 24.8 Å². The molecule has 1 aromatic heterocycles. The summed E-state index contributed by atoms with van der Waals surface area (Å²) in [4.78, 5) is 10.2. The van der Waals surface area contributed by atoms with E-state index in [0.29, 0.717) is 17.9 Å². The highest BCUT2D eigenvalue weighted by Gasteiger charge is 2.35. The zero-order chi connectivity index (χ0) is 14.2. The zero-order valence-corrected chi connectivity index (χ0v) is 12.4. The number of rotatable bonds is 2. The van der Waals surface area contributed by atoms with Gasteiger partial charge in [-0.05, 0) is 38.1 Å². The second-order valence-corrected chi connectivity index (χ2v) is 6.28. The molecule has 21 heavy (non-hydrogen) atoms. The first-order valence-electron chi connectivity index (χ1n) is 7.43.